The number of hydrogen-bond donors (Lipinski definition) is 1. The number of alkyl halides is 2. The van der Waals surface area contributed by atoms with Gasteiger partial charge in [0.2, 0.25) is 0 Å². The third-order valence-electron chi connectivity index (χ3n) is 2.18. The highest BCUT2D eigenvalue weighted by Crippen LogP contribution is 2.22. The summed E-state index contributed by atoms with van der Waals surface area (Å²) in [4.78, 5) is 12.1. The van der Waals surface area contributed by atoms with Crippen LogP contribution in [0.3, 0.4) is 0 Å². The number of halogens is 4. The number of carbonyl (C=O) groups is 1. The second-order valence-corrected chi connectivity index (χ2v) is 6.35. The fraction of sp³-hybridized carbons (Fsp3) is 0.364. The van der Waals surface area contributed by atoms with E-state index >= 15 is 0 Å². The first kappa shape index (κ1) is 15.5. The summed E-state index contributed by atoms with van der Waals surface area (Å²) >= 11 is 16.1. The van der Waals surface area contributed by atoms with Gasteiger partial charge in [0, 0.05) is 15.1 Å². The maximum atomic E-state index is 12.1. The highest BCUT2D eigenvalue weighted by atomic mass is 79.9. The van der Waals surface area contributed by atoms with Crippen LogP contribution in [0.1, 0.15) is 17.3 Å². The average molecular weight is 448 g/mol. The minimum absolute atomic E-state index is 0.183. The Morgan fingerprint density at radius 3 is 2.53 bits per heavy atom. The van der Waals surface area contributed by atoms with Gasteiger partial charge in [-0.2, -0.15) is 0 Å². The Bertz CT molecular complexity index is 421. The van der Waals surface area contributed by atoms with Gasteiger partial charge in [-0.15, -0.1) is 0 Å². The molecule has 6 heteroatoms. The Kier molecular flexibility index (Phi) is 5.96. The van der Waals surface area contributed by atoms with Crippen molar-refractivity contribution in [2.24, 2.45) is 0 Å². The van der Waals surface area contributed by atoms with E-state index in [9.17, 15) is 4.79 Å². The maximum Gasteiger partial charge on any atom is 0.253 e. The zero-order chi connectivity index (χ0) is 13.1. The van der Waals surface area contributed by atoms with Crippen molar-refractivity contribution in [3.05, 3.63) is 33.3 Å². The number of nitrogens with one attached hydrogen (secondary N) is 1. The summed E-state index contributed by atoms with van der Waals surface area (Å²) in [7, 11) is 0. The van der Waals surface area contributed by atoms with Crippen molar-refractivity contribution < 1.29 is 4.79 Å². The fourth-order valence-corrected chi connectivity index (χ4v) is 2.89. The summed E-state index contributed by atoms with van der Waals surface area (Å²) in [5, 5.41) is 4.69. The van der Waals surface area contributed by atoms with Crippen LogP contribution in [0.15, 0.2) is 22.7 Å². The maximum absolute atomic E-state index is 12.1. The molecule has 0 bridgehead atoms. The van der Waals surface area contributed by atoms with Crippen LogP contribution < -0.4 is 5.32 Å². The van der Waals surface area contributed by atoms with Crippen molar-refractivity contribution in [3.8, 4) is 0 Å². The van der Waals surface area contributed by atoms with E-state index in [1.165, 1.54) is 0 Å². The molecule has 0 aliphatic carbocycles. The van der Waals surface area contributed by atoms with Gasteiger partial charge < -0.3 is 5.32 Å². The third-order valence-corrected chi connectivity index (χ3v) is 5.48. The van der Waals surface area contributed by atoms with Crippen LogP contribution >= 0.6 is 59.4 Å². The largest absolute Gasteiger partial charge is 0.345 e. The zero-order valence-electron chi connectivity index (χ0n) is 9.07. The van der Waals surface area contributed by atoms with E-state index in [0.29, 0.717) is 21.2 Å². The Morgan fingerprint density at radius 2 is 2.00 bits per heavy atom. The van der Waals surface area contributed by atoms with Gasteiger partial charge in [0.25, 0.3) is 5.91 Å². The average Bonchev–Trinajstić information content (AvgIpc) is 2.32. The molecule has 94 valence electrons. The van der Waals surface area contributed by atoms with Gasteiger partial charge in [0.1, 0.15) is 0 Å². The molecule has 0 saturated heterocycles. The van der Waals surface area contributed by atoms with E-state index in [0.717, 1.165) is 4.47 Å². The number of carbonyl (C=O) groups excluding carboxylic acids is 1. The van der Waals surface area contributed by atoms with Gasteiger partial charge in [0.05, 0.1) is 16.1 Å². The van der Waals surface area contributed by atoms with Crippen molar-refractivity contribution in [1.29, 1.82) is 0 Å². The van der Waals surface area contributed by atoms with Gasteiger partial charge >= 0.3 is 0 Å². The predicted octanol–water partition coefficient (Wildman–Crippen LogP) is 4.38. The topological polar surface area (TPSA) is 29.1 Å². The summed E-state index contributed by atoms with van der Waals surface area (Å²) in [5.74, 6) is -0.183. The standard InChI is InChI=1S/C11H11Br3ClNO/c1-11(5-12,6-13)16-10(17)8-4-7(14)2-3-9(8)15/h2-4H,5-6H2,1H3,(H,16,17). The van der Waals surface area contributed by atoms with Gasteiger partial charge in [-0.25, -0.2) is 0 Å². The molecule has 0 aliphatic heterocycles. The van der Waals surface area contributed by atoms with Crippen molar-refractivity contribution in [2.45, 2.75) is 12.5 Å². The lowest BCUT2D eigenvalue weighted by Gasteiger charge is -2.26. The van der Waals surface area contributed by atoms with Crippen molar-refractivity contribution in [2.75, 3.05) is 10.7 Å². The van der Waals surface area contributed by atoms with Gasteiger partial charge in [-0.3, -0.25) is 4.79 Å². The SMILES string of the molecule is CC(CBr)(CBr)NC(=O)c1cc(Br)ccc1Cl. The van der Waals surface area contributed by atoms with Crippen LogP contribution in [-0.2, 0) is 0 Å². The van der Waals surface area contributed by atoms with Crippen LogP contribution in [0, 0.1) is 0 Å². The van der Waals surface area contributed by atoms with E-state index in [-0.39, 0.29) is 11.4 Å². The molecule has 17 heavy (non-hydrogen) atoms. The number of benzene rings is 1. The smallest absolute Gasteiger partial charge is 0.253 e. The lowest BCUT2D eigenvalue weighted by atomic mass is 10.1. The summed E-state index contributed by atoms with van der Waals surface area (Å²) in [6, 6.07) is 5.20. The Morgan fingerprint density at radius 1 is 1.41 bits per heavy atom. The second kappa shape index (κ2) is 6.55. The molecule has 2 nitrogen and oxygen atoms in total. The Hall–Kier alpha value is 0.420. The lowest BCUT2D eigenvalue weighted by Crippen LogP contribution is -2.49. The molecular weight excluding hydrogens is 437 g/mol. The summed E-state index contributed by atoms with van der Waals surface area (Å²) in [6.45, 7) is 1.94. The van der Waals surface area contributed by atoms with Gasteiger partial charge in [0.15, 0.2) is 0 Å². The normalized spacial score (nSPS) is 11.4. The van der Waals surface area contributed by atoms with E-state index in [4.69, 9.17) is 11.6 Å². The van der Waals surface area contributed by atoms with E-state index < -0.39 is 0 Å². The molecule has 0 unspecified atom stereocenters. The lowest BCUT2D eigenvalue weighted by molar-refractivity contribution is 0.0923. The molecule has 0 atom stereocenters. The molecule has 0 aliphatic rings. The molecule has 0 spiro atoms. The molecule has 1 aromatic carbocycles. The predicted molar refractivity (Wildman–Crippen MR) is 82.6 cm³/mol. The quantitative estimate of drug-likeness (QED) is 0.681. The first-order valence-electron chi connectivity index (χ1n) is 4.81. The molecule has 1 rings (SSSR count). The Balaban J connectivity index is 2.94. The van der Waals surface area contributed by atoms with Crippen molar-refractivity contribution in [3.63, 3.8) is 0 Å². The minimum atomic E-state index is -0.345. The summed E-state index contributed by atoms with van der Waals surface area (Å²) < 4.78 is 0.825. The molecule has 0 aromatic heterocycles. The summed E-state index contributed by atoms with van der Waals surface area (Å²) in [6.07, 6.45) is 0. The Labute approximate surface area is 131 Å². The van der Waals surface area contributed by atoms with Gasteiger partial charge in [-0.1, -0.05) is 59.4 Å². The molecule has 0 radical (unpaired) electrons. The van der Waals surface area contributed by atoms with Crippen molar-refractivity contribution >= 4 is 65.3 Å². The van der Waals surface area contributed by atoms with E-state index in [1.54, 1.807) is 18.2 Å². The molecule has 0 fully saturated rings. The molecule has 0 saturated carbocycles. The number of hydrogen-bond acceptors (Lipinski definition) is 1. The number of rotatable bonds is 4. The molecule has 1 amide bonds. The van der Waals surface area contributed by atoms with Crippen LogP contribution in [-0.4, -0.2) is 22.1 Å². The van der Waals surface area contributed by atoms with Crippen molar-refractivity contribution in [1.82, 2.24) is 5.32 Å². The molecular formula is C11H11Br3ClNO. The first-order valence-corrected chi connectivity index (χ1v) is 8.23. The highest BCUT2D eigenvalue weighted by molar-refractivity contribution is 9.10. The van der Waals surface area contributed by atoms with E-state index in [2.05, 4.69) is 53.1 Å². The van der Waals surface area contributed by atoms with E-state index in [1.807, 2.05) is 6.92 Å². The number of amides is 1. The van der Waals surface area contributed by atoms with Crippen LogP contribution in [0.4, 0.5) is 0 Å². The molecule has 1 N–H and O–H groups in total. The first-order chi connectivity index (χ1) is 7.91. The van der Waals surface area contributed by atoms with Crippen LogP contribution in [0.5, 0.6) is 0 Å². The minimum Gasteiger partial charge on any atom is -0.345 e. The van der Waals surface area contributed by atoms with Gasteiger partial charge in [-0.05, 0) is 25.1 Å². The highest BCUT2D eigenvalue weighted by Gasteiger charge is 2.25. The molecule has 1 aromatic rings. The monoisotopic (exact) mass is 445 g/mol. The van der Waals surface area contributed by atoms with Crippen LogP contribution in [0.2, 0.25) is 5.02 Å². The third kappa shape index (κ3) is 4.23. The second-order valence-electron chi connectivity index (χ2n) is 3.91. The zero-order valence-corrected chi connectivity index (χ0v) is 14.6. The summed E-state index contributed by atoms with van der Waals surface area (Å²) in [5.41, 5.74) is 0.122. The van der Waals surface area contributed by atoms with Crippen LogP contribution in [0.25, 0.3) is 0 Å². The fourth-order valence-electron chi connectivity index (χ4n) is 1.12. The molecule has 0 heterocycles.